The molecule has 21 heavy (non-hydrogen) atoms. The van der Waals surface area contributed by atoms with E-state index in [9.17, 15) is 4.79 Å². The van der Waals surface area contributed by atoms with Crippen LogP contribution in [0.5, 0.6) is 0 Å². The molecule has 0 bridgehead atoms. The van der Waals surface area contributed by atoms with E-state index in [0.29, 0.717) is 0 Å². The Morgan fingerprint density at radius 2 is 1.95 bits per heavy atom. The molecule has 0 aromatic heterocycles. The van der Waals surface area contributed by atoms with E-state index in [1.807, 2.05) is 37.3 Å². The fraction of sp³-hybridized carbons (Fsp3) is 0.235. The summed E-state index contributed by atoms with van der Waals surface area (Å²) >= 11 is 3.49. The second-order valence-electron chi connectivity index (χ2n) is 5.31. The molecule has 3 rings (SSSR count). The topological polar surface area (TPSA) is 41.1 Å². The van der Waals surface area contributed by atoms with Crippen molar-refractivity contribution in [3.05, 3.63) is 63.6 Å². The largest absolute Gasteiger partial charge is 0.324 e. The van der Waals surface area contributed by atoms with Gasteiger partial charge < -0.3 is 10.6 Å². The first kappa shape index (κ1) is 14.3. The number of hydrogen-bond acceptors (Lipinski definition) is 2. The smallest absolute Gasteiger partial charge is 0.241 e. The van der Waals surface area contributed by atoms with Gasteiger partial charge in [-0.1, -0.05) is 46.3 Å². The van der Waals surface area contributed by atoms with Crippen LogP contribution in [-0.2, 0) is 17.8 Å². The molecule has 2 aromatic rings. The lowest BCUT2D eigenvalue weighted by Gasteiger charge is -2.25. The molecule has 1 amide bonds. The Hall–Kier alpha value is -1.65. The van der Waals surface area contributed by atoms with Crippen molar-refractivity contribution in [1.82, 2.24) is 5.32 Å². The number of rotatable bonds is 2. The summed E-state index contributed by atoms with van der Waals surface area (Å²) in [6.07, 6.45) is 0.731. The average molecular weight is 345 g/mol. The molecule has 108 valence electrons. The number of benzene rings is 2. The van der Waals surface area contributed by atoms with Gasteiger partial charge in [0.1, 0.15) is 0 Å². The zero-order chi connectivity index (χ0) is 14.8. The number of nitrogens with one attached hydrogen (secondary N) is 2. The summed E-state index contributed by atoms with van der Waals surface area (Å²) in [4.78, 5) is 12.5. The lowest BCUT2D eigenvalue weighted by atomic mass is 9.95. The maximum atomic E-state index is 12.5. The average Bonchev–Trinajstić information content (AvgIpc) is 2.51. The van der Waals surface area contributed by atoms with Crippen LogP contribution in [0, 0.1) is 6.92 Å². The summed E-state index contributed by atoms with van der Waals surface area (Å²) in [5, 5.41) is 6.33. The van der Waals surface area contributed by atoms with E-state index in [1.165, 1.54) is 11.1 Å². The molecular weight excluding hydrogens is 328 g/mol. The van der Waals surface area contributed by atoms with Crippen LogP contribution in [0.2, 0.25) is 0 Å². The van der Waals surface area contributed by atoms with E-state index in [0.717, 1.165) is 28.7 Å². The quantitative estimate of drug-likeness (QED) is 0.876. The Balaban J connectivity index is 1.74. The lowest BCUT2D eigenvalue weighted by Crippen LogP contribution is -2.44. The minimum Gasteiger partial charge on any atom is -0.324 e. The highest BCUT2D eigenvalue weighted by atomic mass is 79.9. The molecule has 1 heterocycles. The molecule has 2 N–H and O–H groups in total. The molecule has 0 fully saturated rings. The van der Waals surface area contributed by atoms with Gasteiger partial charge in [-0.25, -0.2) is 0 Å². The van der Waals surface area contributed by atoms with E-state index in [1.54, 1.807) is 0 Å². The Labute approximate surface area is 132 Å². The van der Waals surface area contributed by atoms with Crippen molar-refractivity contribution in [2.75, 3.05) is 5.32 Å². The zero-order valence-electron chi connectivity index (χ0n) is 11.8. The van der Waals surface area contributed by atoms with Gasteiger partial charge in [-0.2, -0.15) is 0 Å². The van der Waals surface area contributed by atoms with Crippen LogP contribution >= 0.6 is 15.9 Å². The summed E-state index contributed by atoms with van der Waals surface area (Å²) in [7, 11) is 0. The van der Waals surface area contributed by atoms with Crippen LogP contribution < -0.4 is 10.6 Å². The maximum Gasteiger partial charge on any atom is 0.241 e. The number of anilines is 1. The van der Waals surface area contributed by atoms with Gasteiger partial charge in [0, 0.05) is 16.7 Å². The highest BCUT2D eigenvalue weighted by Crippen LogP contribution is 2.24. The predicted octanol–water partition coefficient (Wildman–Crippen LogP) is 3.41. The van der Waals surface area contributed by atoms with Crippen molar-refractivity contribution in [2.45, 2.75) is 25.9 Å². The first-order valence-corrected chi connectivity index (χ1v) is 7.80. The number of hydrogen-bond donors (Lipinski definition) is 2. The molecule has 0 aliphatic carbocycles. The van der Waals surface area contributed by atoms with Gasteiger partial charge in [-0.05, 0) is 42.2 Å². The Morgan fingerprint density at radius 3 is 2.76 bits per heavy atom. The second-order valence-corrected chi connectivity index (χ2v) is 6.16. The molecule has 1 aliphatic rings. The van der Waals surface area contributed by atoms with Crippen molar-refractivity contribution < 1.29 is 4.79 Å². The van der Waals surface area contributed by atoms with Crippen molar-refractivity contribution in [3.63, 3.8) is 0 Å². The van der Waals surface area contributed by atoms with E-state index >= 15 is 0 Å². The Morgan fingerprint density at radius 1 is 1.19 bits per heavy atom. The van der Waals surface area contributed by atoms with Crippen LogP contribution in [0.3, 0.4) is 0 Å². The number of carbonyl (C=O) groups is 1. The van der Waals surface area contributed by atoms with Gasteiger partial charge in [0.05, 0.1) is 6.04 Å². The van der Waals surface area contributed by atoms with Crippen LogP contribution in [0.4, 0.5) is 5.69 Å². The van der Waals surface area contributed by atoms with E-state index in [4.69, 9.17) is 0 Å². The van der Waals surface area contributed by atoms with E-state index in [-0.39, 0.29) is 11.9 Å². The molecule has 0 spiro atoms. The van der Waals surface area contributed by atoms with Gasteiger partial charge in [0.25, 0.3) is 0 Å². The molecule has 0 saturated carbocycles. The summed E-state index contributed by atoms with van der Waals surface area (Å²) in [6.45, 7) is 2.73. The predicted molar refractivity (Wildman–Crippen MR) is 88.3 cm³/mol. The van der Waals surface area contributed by atoms with Gasteiger partial charge >= 0.3 is 0 Å². The van der Waals surface area contributed by atoms with E-state index < -0.39 is 0 Å². The maximum absolute atomic E-state index is 12.5. The summed E-state index contributed by atoms with van der Waals surface area (Å²) in [6, 6.07) is 13.9. The van der Waals surface area contributed by atoms with Gasteiger partial charge in [-0.3, -0.25) is 4.79 Å². The SMILES string of the molecule is Cc1c(Br)cccc1NC(=O)[C@@H]1Cc2ccccc2CN1. The van der Waals surface area contributed by atoms with Crippen molar-refractivity contribution in [1.29, 1.82) is 0 Å². The van der Waals surface area contributed by atoms with Crippen LogP contribution in [-0.4, -0.2) is 11.9 Å². The standard InChI is InChI=1S/C17H17BrN2O/c1-11-14(18)7-4-8-15(11)20-17(21)16-9-12-5-2-3-6-13(12)10-19-16/h2-8,16,19H,9-10H2,1H3,(H,20,21)/t16-/m0/s1. The Kier molecular flexibility index (Phi) is 4.08. The minimum absolute atomic E-state index is 0.0192. The summed E-state index contributed by atoms with van der Waals surface area (Å²) < 4.78 is 1.00. The van der Waals surface area contributed by atoms with Crippen molar-refractivity contribution >= 4 is 27.5 Å². The van der Waals surface area contributed by atoms with Crippen LogP contribution in [0.25, 0.3) is 0 Å². The van der Waals surface area contributed by atoms with Crippen LogP contribution in [0.1, 0.15) is 16.7 Å². The molecular formula is C17H17BrN2O. The molecule has 0 radical (unpaired) electrons. The number of amides is 1. The van der Waals surface area contributed by atoms with Crippen LogP contribution in [0.15, 0.2) is 46.9 Å². The zero-order valence-corrected chi connectivity index (χ0v) is 13.4. The fourth-order valence-electron chi connectivity index (χ4n) is 2.60. The highest BCUT2D eigenvalue weighted by Gasteiger charge is 2.24. The minimum atomic E-state index is -0.182. The number of fused-ring (bicyclic) bond motifs is 1. The summed E-state index contributed by atoms with van der Waals surface area (Å²) in [5.41, 5.74) is 4.43. The third-order valence-electron chi connectivity index (χ3n) is 3.92. The molecule has 3 nitrogen and oxygen atoms in total. The third-order valence-corrected chi connectivity index (χ3v) is 4.78. The molecule has 0 unspecified atom stereocenters. The first-order valence-electron chi connectivity index (χ1n) is 7.01. The highest BCUT2D eigenvalue weighted by molar-refractivity contribution is 9.10. The second kappa shape index (κ2) is 6.00. The first-order chi connectivity index (χ1) is 10.1. The molecule has 1 aliphatic heterocycles. The molecule has 2 aromatic carbocycles. The monoisotopic (exact) mass is 344 g/mol. The summed E-state index contributed by atoms with van der Waals surface area (Å²) in [5.74, 6) is 0.0192. The van der Waals surface area contributed by atoms with Gasteiger partial charge in [0.15, 0.2) is 0 Å². The molecule has 0 saturated heterocycles. The number of carbonyl (C=O) groups excluding carboxylic acids is 1. The normalized spacial score (nSPS) is 17.1. The lowest BCUT2D eigenvalue weighted by molar-refractivity contribution is -0.118. The third kappa shape index (κ3) is 3.01. The molecule has 1 atom stereocenters. The van der Waals surface area contributed by atoms with Crippen molar-refractivity contribution in [2.24, 2.45) is 0 Å². The van der Waals surface area contributed by atoms with Gasteiger partial charge in [-0.15, -0.1) is 0 Å². The fourth-order valence-corrected chi connectivity index (χ4v) is 2.97. The van der Waals surface area contributed by atoms with E-state index in [2.05, 4.69) is 38.7 Å². The number of halogens is 1. The Bertz CT molecular complexity index is 684. The van der Waals surface area contributed by atoms with Crippen molar-refractivity contribution in [3.8, 4) is 0 Å². The van der Waals surface area contributed by atoms with Gasteiger partial charge in [0.2, 0.25) is 5.91 Å². The molecule has 4 heteroatoms.